The van der Waals surface area contributed by atoms with Gasteiger partial charge in [0.05, 0.1) is 19.8 Å². The van der Waals surface area contributed by atoms with E-state index in [0.29, 0.717) is 19.3 Å². The second-order valence-electron chi connectivity index (χ2n) is 13.7. The summed E-state index contributed by atoms with van der Waals surface area (Å²) < 4.78 is 32.6. The van der Waals surface area contributed by atoms with Crippen LogP contribution in [-0.2, 0) is 32.7 Å². The SMILES string of the molecule is CCCCC/C=C/C/C=C/C/C=C/C/C=C/CCCC(=O)O[C@H](COC(=O)CCCC/C=C/C/C=C/CCCCCCCC)COP(=O)(O)OC[C@@H](O)CO. The van der Waals surface area contributed by atoms with E-state index in [0.717, 1.165) is 51.4 Å². The van der Waals surface area contributed by atoms with Gasteiger partial charge in [-0.05, 0) is 83.5 Å². The number of carbonyl (C=O) groups is 2. The number of aliphatic hydroxyl groups is 2. The molecule has 55 heavy (non-hydrogen) atoms. The summed E-state index contributed by atoms with van der Waals surface area (Å²) in [5.41, 5.74) is 0. The number of hydrogen-bond acceptors (Lipinski definition) is 9. The maximum Gasteiger partial charge on any atom is 0.472 e. The third kappa shape index (κ3) is 39.4. The first kappa shape index (κ1) is 52.4. The number of allylic oxidation sites excluding steroid dienone is 12. The van der Waals surface area contributed by atoms with E-state index < -0.39 is 51.8 Å². The van der Waals surface area contributed by atoms with Gasteiger partial charge in [0.1, 0.15) is 12.7 Å². The molecule has 1 unspecified atom stereocenters. The zero-order chi connectivity index (χ0) is 40.5. The highest BCUT2D eigenvalue weighted by atomic mass is 31.2. The van der Waals surface area contributed by atoms with Gasteiger partial charge in [0.25, 0.3) is 0 Å². The summed E-state index contributed by atoms with van der Waals surface area (Å²) in [6.45, 7) is 2.22. The molecule has 3 N–H and O–H groups in total. The van der Waals surface area contributed by atoms with Crippen LogP contribution in [0.1, 0.15) is 155 Å². The Morgan fingerprint density at radius 3 is 1.51 bits per heavy atom. The van der Waals surface area contributed by atoms with Gasteiger partial charge in [-0.25, -0.2) is 4.57 Å². The van der Waals surface area contributed by atoms with Crippen LogP contribution in [0.4, 0.5) is 0 Å². The summed E-state index contributed by atoms with van der Waals surface area (Å²) in [7, 11) is -4.64. The minimum Gasteiger partial charge on any atom is -0.462 e. The molecule has 0 bridgehead atoms. The van der Waals surface area contributed by atoms with Crippen molar-refractivity contribution in [2.45, 2.75) is 167 Å². The van der Waals surface area contributed by atoms with Crippen LogP contribution in [0, 0.1) is 0 Å². The van der Waals surface area contributed by atoms with Crippen LogP contribution in [0.5, 0.6) is 0 Å². The van der Waals surface area contributed by atoms with E-state index in [1.165, 1.54) is 57.8 Å². The highest BCUT2D eigenvalue weighted by molar-refractivity contribution is 7.47. The highest BCUT2D eigenvalue weighted by Gasteiger charge is 2.27. The lowest BCUT2D eigenvalue weighted by Crippen LogP contribution is -2.29. The minimum absolute atomic E-state index is 0.0981. The molecule has 0 heterocycles. The van der Waals surface area contributed by atoms with E-state index in [1.807, 2.05) is 12.2 Å². The lowest BCUT2D eigenvalue weighted by molar-refractivity contribution is -0.161. The molecule has 0 aliphatic carbocycles. The van der Waals surface area contributed by atoms with Crippen molar-refractivity contribution in [2.75, 3.05) is 26.4 Å². The molecule has 0 fully saturated rings. The van der Waals surface area contributed by atoms with E-state index in [1.54, 1.807) is 0 Å². The topological polar surface area (TPSA) is 149 Å². The number of carbonyl (C=O) groups excluding carboxylic acids is 2. The van der Waals surface area contributed by atoms with Crippen molar-refractivity contribution < 1.29 is 47.8 Å². The molecule has 0 rings (SSSR count). The maximum absolute atomic E-state index is 12.6. The Hall–Kier alpha value is -2.59. The van der Waals surface area contributed by atoms with Crippen LogP contribution >= 0.6 is 7.82 Å². The number of phosphoric ester groups is 1. The monoisotopic (exact) mass is 795 g/mol. The molecule has 0 saturated heterocycles. The second-order valence-corrected chi connectivity index (χ2v) is 15.1. The van der Waals surface area contributed by atoms with Crippen LogP contribution in [0.2, 0.25) is 0 Å². The molecule has 0 amide bonds. The largest absolute Gasteiger partial charge is 0.472 e. The predicted molar refractivity (Wildman–Crippen MR) is 223 cm³/mol. The van der Waals surface area contributed by atoms with Crippen molar-refractivity contribution in [3.8, 4) is 0 Å². The van der Waals surface area contributed by atoms with Crippen LogP contribution < -0.4 is 0 Å². The minimum atomic E-state index is -4.64. The summed E-state index contributed by atoms with van der Waals surface area (Å²) in [6.07, 6.45) is 44.5. The molecule has 316 valence electrons. The molecule has 0 aliphatic heterocycles. The van der Waals surface area contributed by atoms with E-state index in [4.69, 9.17) is 19.1 Å². The molecule has 0 aromatic heterocycles. The lowest BCUT2D eigenvalue weighted by Gasteiger charge is -2.20. The maximum atomic E-state index is 12.6. The summed E-state index contributed by atoms with van der Waals surface area (Å²) >= 11 is 0. The van der Waals surface area contributed by atoms with Crippen molar-refractivity contribution in [2.24, 2.45) is 0 Å². The molecule has 11 heteroatoms. The Kier molecular flexibility index (Phi) is 37.8. The number of aliphatic hydroxyl groups excluding tert-OH is 2. The van der Waals surface area contributed by atoms with Crippen molar-refractivity contribution in [3.05, 3.63) is 72.9 Å². The second kappa shape index (κ2) is 39.6. The molecule has 0 spiro atoms. The molecule has 0 aromatic rings. The van der Waals surface area contributed by atoms with Gasteiger partial charge in [-0.1, -0.05) is 132 Å². The van der Waals surface area contributed by atoms with Crippen LogP contribution in [0.25, 0.3) is 0 Å². The smallest absolute Gasteiger partial charge is 0.462 e. The Morgan fingerprint density at radius 2 is 0.964 bits per heavy atom. The van der Waals surface area contributed by atoms with Crippen molar-refractivity contribution in [1.82, 2.24) is 0 Å². The number of rotatable bonds is 38. The van der Waals surface area contributed by atoms with Crippen molar-refractivity contribution >= 4 is 19.8 Å². The quantitative estimate of drug-likeness (QED) is 0.0239. The fourth-order valence-corrected chi connectivity index (χ4v) is 5.86. The number of esters is 2. The van der Waals surface area contributed by atoms with Crippen molar-refractivity contribution in [3.63, 3.8) is 0 Å². The highest BCUT2D eigenvalue weighted by Crippen LogP contribution is 2.43. The number of phosphoric acid groups is 1. The number of unbranched alkanes of at least 4 members (excludes halogenated alkanes) is 12. The zero-order valence-electron chi connectivity index (χ0n) is 34.1. The molecule has 3 atom stereocenters. The Labute approximate surface area is 333 Å². The standard InChI is InChI=1S/C44H75O10P/c1-3-5-7-9-11-13-15-17-19-20-22-24-26-28-30-32-34-36-44(48)54-42(40-53-55(49,50)52-38-41(46)37-45)39-51-43(47)35-33-31-29-27-25-23-21-18-16-14-12-10-8-6-4-2/h11,13,17-19,21-22,24-25,27-28,30,41-42,45-46H,3-10,12,14-16,20,23,26,29,31-40H2,1-2H3,(H,49,50)/b13-11+,19-17+,21-18+,24-22+,27-25+,30-28+/t41-,42+/m0/s1. The lowest BCUT2D eigenvalue weighted by atomic mass is 10.1. The molecule has 0 radical (unpaired) electrons. The van der Waals surface area contributed by atoms with Gasteiger partial charge in [-0.15, -0.1) is 0 Å². The Morgan fingerprint density at radius 1 is 0.545 bits per heavy atom. The first-order chi connectivity index (χ1) is 26.7. The van der Waals surface area contributed by atoms with Gasteiger partial charge < -0.3 is 24.6 Å². The summed E-state index contributed by atoms with van der Waals surface area (Å²) in [5.74, 6) is -1.04. The summed E-state index contributed by atoms with van der Waals surface area (Å²) in [6, 6.07) is 0. The average Bonchev–Trinajstić information content (AvgIpc) is 3.17. The average molecular weight is 795 g/mol. The van der Waals surface area contributed by atoms with Gasteiger partial charge in [-0.2, -0.15) is 0 Å². The van der Waals surface area contributed by atoms with Crippen molar-refractivity contribution in [1.29, 1.82) is 0 Å². The van der Waals surface area contributed by atoms with Crippen LogP contribution in [0.15, 0.2) is 72.9 Å². The van der Waals surface area contributed by atoms with Gasteiger partial charge in [0, 0.05) is 12.8 Å². The van der Waals surface area contributed by atoms with Gasteiger partial charge in [-0.3, -0.25) is 18.6 Å². The van der Waals surface area contributed by atoms with Crippen LogP contribution in [-0.4, -0.2) is 65.7 Å². The number of hydrogen-bond donors (Lipinski definition) is 3. The molecule has 10 nitrogen and oxygen atoms in total. The molecule has 0 aliphatic rings. The predicted octanol–water partition coefficient (Wildman–Crippen LogP) is 10.9. The van der Waals surface area contributed by atoms with Gasteiger partial charge in [0.2, 0.25) is 0 Å². The fourth-order valence-electron chi connectivity index (χ4n) is 5.07. The molecular formula is C44H75O10P. The third-order valence-electron chi connectivity index (χ3n) is 8.33. The third-order valence-corrected chi connectivity index (χ3v) is 9.28. The molecular weight excluding hydrogens is 719 g/mol. The normalized spacial score (nSPS) is 14.6. The van der Waals surface area contributed by atoms with E-state index in [-0.39, 0.29) is 19.4 Å². The fraction of sp³-hybridized carbons (Fsp3) is 0.682. The van der Waals surface area contributed by atoms with Crippen LogP contribution in [0.3, 0.4) is 0 Å². The summed E-state index contributed by atoms with van der Waals surface area (Å²) in [4.78, 5) is 34.9. The first-order valence-corrected chi connectivity index (χ1v) is 22.4. The molecule has 0 aromatic carbocycles. The molecule has 0 saturated carbocycles. The first-order valence-electron chi connectivity index (χ1n) is 20.9. The Balaban J connectivity index is 4.49. The van der Waals surface area contributed by atoms with E-state index >= 15 is 0 Å². The van der Waals surface area contributed by atoms with E-state index in [2.05, 4.69) is 79.1 Å². The number of ether oxygens (including phenoxy) is 2. The zero-order valence-corrected chi connectivity index (χ0v) is 35.0. The van der Waals surface area contributed by atoms with Gasteiger partial charge in [0.15, 0.2) is 6.10 Å². The Bertz CT molecular complexity index is 1140. The van der Waals surface area contributed by atoms with E-state index in [9.17, 15) is 24.2 Å². The summed E-state index contributed by atoms with van der Waals surface area (Å²) in [5, 5.41) is 18.3. The van der Waals surface area contributed by atoms with Gasteiger partial charge >= 0.3 is 19.8 Å².